The first-order valence-corrected chi connectivity index (χ1v) is 6.29. The summed E-state index contributed by atoms with van der Waals surface area (Å²) < 4.78 is 0. The number of carbonyl (C=O) groups is 1. The molecule has 0 radical (unpaired) electrons. The van der Waals surface area contributed by atoms with Crippen molar-refractivity contribution in [3.63, 3.8) is 0 Å². The Morgan fingerprint density at radius 3 is 2.41 bits per heavy atom. The molecule has 1 rings (SSSR count). The fourth-order valence-electron chi connectivity index (χ4n) is 2.55. The lowest BCUT2D eigenvalue weighted by Gasteiger charge is -2.44. The van der Waals surface area contributed by atoms with Gasteiger partial charge < -0.3 is 16.3 Å². The van der Waals surface area contributed by atoms with E-state index in [0.717, 1.165) is 12.8 Å². The largest absolute Gasteiger partial charge is 0.409 e. The second kappa shape index (κ2) is 5.38. The summed E-state index contributed by atoms with van der Waals surface area (Å²) in [7, 11) is 0. The third-order valence-electron chi connectivity index (χ3n) is 3.75. The van der Waals surface area contributed by atoms with Crippen LogP contribution in [0.15, 0.2) is 5.16 Å². The first kappa shape index (κ1) is 13.8. The van der Waals surface area contributed by atoms with E-state index in [9.17, 15) is 4.79 Å². The molecular weight excluding hydrogens is 218 g/mol. The minimum atomic E-state index is -0.781. The zero-order chi connectivity index (χ0) is 13.1. The molecule has 1 amide bonds. The summed E-state index contributed by atoms with van der Waals surface area (Å²) in [6.45, 7) is 6.13. The van der Waals surface area contributed by atoms with Crippen molar-refractivity contribution in [2.24, 2.45) is 22.2 Å². The molecule has 0 atom stereocenters. The van der Waals surface area contributed by atoms with Crippen molar-refractivity contribution in [3.8, 4) is 0 Å². The summed E-state index contributed by atoms with van der Waals surface area (Å²) in [5.74, 6) is 0.390. The summed E-state index contributed by atoms with van der Waals surface area (Å²) in [6.07, 6.45) is 3.11. The van der Waals surface area contributed by atoms with Gasteiger partial charge in [-0.1, -0.05) is 25.9 Å². The highest BCUT2D eigenvalue weighted by Crippen LogP contribution is 2.46. The summed E-state index contributed by atoms with van der Waals surface area (Å²) in [6, 6.07) is 0.168. The lowest BCUT2D eigenvalue weighted by molar-refractivity contribution is -0.134. The lowest BCUT2D eigenvalue weighted by Crippen LogP contribution is -2.58. The zero-order valence-corrected chi connectivity index (χ0v) is 10.9. The van der Waals surface area contributed by atoms with Gasteiger partial charge in [0.1, 0.15) is 5.41 Å². The van der Waals surface area contributed by atoms with E-state index in [1.54, 1.807) is 0 Å². The van der Waals surface area contributed by atoms with Gasteiger partial charge in [0.15, 0.2) is 5.84 Å². The van der Waals surface area contributed by atoms with Gasteiger partial charge in [0.25, 0.3) is 0 Å². The van der Waals surface area contributed by atoms with Gasteiger partial charge in [-0.3, -0.25) is 4.79 Å². The van der Waals surface area contributed by atoms with Crippen LogP contribution in [0.1, 0.15) is 46.5 Å². The van der Waals surface area contributed by atoms with Gasteiger partial charge in [-0.15, -0.1) is 0 Å². The maximum Gasteiger partial charge on any atom is 0.234 e. The molecule has 98 valence electrons. The topological polar surface area (TPSA) is 87.7 Å². The van der Waals surface area contributed by atoms with Crippen LogP contribution in [-0.2, 0) is 4.79 Å². The molecule has 4 N–H and O–H groups in total. The number of carbonyl (C=O) groups excluding carboxylic acids is 1. The number of hydrogen-bond acceptors (Lipinski definition) is 3. The van der Waals surface area contributed by atoms with Crippen LogP contribution in [0.5, 0.6) is 0 Å². The van der Waals surface area contributed by atoms with Gasteiger partial charge in [0, 0.05) is 6.04 Å². The van der Waals surface area contributed by atoms with Gasteiger partial charge >= 0.3 is 0 Å². The van der Waals surface area contributed by atoms with E-state index in [2.05, 4.69) is 17.4 Å². The second-order valence-electron chi connectivity index (χ2n) is 5.07. The van der Waals surface area contributed by atoms with Crippen LogP contribution in [0.25, 0.3) is 0 Å². The number of hydrogen-bond donors (Lipinski definition) is 3. The SMILES string of the molecule is CCC(CC)NC(=O)C1(C(N)=NO)CC(C)C1. The number of oxime groups is 1. The Morgan fingerprint density at radius 2 is 2.06 bits per heavy atom. The number of amidine groups is 1. The Balaban J connectivity index is 2.76. The van der Waals surface area contributed by atoms with Gasteiger partial charge in [0.05, 0.1) is 0 Å². The molecule has 17 heavy (non-hydrogen) atoms. The van der Waals surface area contributed by atoms with E-state index in [-0.39, 0.29) is 17.8 Å². The van der Waals surface area contributed by atoms with Crippen LogP contribution in [0.3, 0.4) is 0 Å². The van der Waals surface area contributed by atoms with Crippen molar-refractivity contribution in [1.29, 1.82) is 0 Å². The number of nitrogens with one attached hydrogen (secondary N) is 1. The predicted molar refractivity (Wildman–Crippen MR) is 66.8 cm³/mol. The first-order chi connectivity index (χ1) is 8.00. The van der Waals surface area contributed by atoms with Crippen molar-refractivity contribution in [1.82, 2.24) is 5.32 Å². The molecule has 0 aromatic heterocycles. The molecule has 0 heterocycles. The minimum absolute atomic E-state index is 0.0408. The van der Waals surface area contributed by atoms with Crippen molar-refractivity contribution in [2.45, 2.75) is 52.5 Å². The molecule has 0 aliphatic heterocycles. The zero-order valence-electron chi connectivity index (χ0n) is 10.9. The third kappa shape index (κ3) is 2.53. The molecule has 5 nitrogen and oxygen atoms in total. The molecule has 0 aromatic rings. The van der Waals surface area contributed by atoms with Gasteiger partial charge in [0.2, 0.25) is 5.91 Å². The van der Waals surface area contributed by atoms with Crippen LogP contribution in [0, 0.1) is 11.3 Å². The Morgan fingerprint density at radius 1 is 1.53 bits per heavy atom. The van der Waals surface area contributed by atoms with Crippen molar-refractivity contribution < 1.29 is 10.0 Å². The number of amides is 1. The van der Waals surface area contributed by atoms with Gasteiger partial charge in [-0.25, -0.2) is 0 Å². The molecule has 0 saturated heterocycles. The maximum absolute atomic E-state index is 12.2. The van der Waals surface area contributed by atoms with Crippen LogP contribution in [0.2, 0.25) is 0 Å². The molecule has 0 bridgehead atoms. The van der Waals surface area contributed by atoms with E-state index in [1.807, 2.05) is 13.8 Å². The number of nitrogens with two attached hydrogens (primary N) is 1. The van der Waals surface area contributed by atoms with E-state index < -0.39 is 5.41 Å². The molecule has 0 unspecified atom stereocenters. The van der Waals surface area contributed by atoms with Gasteiger partial charge in [-0.2, -0.15) is 0 Å². The Hall–Kier alpha value is -1.26. The fourth-order valence-corrected chi connectivity index (χ4v) is 2.55. The van der Waals surface area contributed by atoms with E-state index in [4.69, 9.17) is 10.9 Å². The van der Waals surface area contributed by atoms with Crippen molar-refractivity contribution in [2.75, 3.05) is 0 Å². The second-order valence-corrected chi connectivity index (χ2v) is 5.07. The summed E-state index contributed by atoms with van der Waals surface area (Å²) in [4.78, 5) is 12.2. The quantitative estimate of drug-likeness (QED) is 0.295. The van der Waals surface area contributed by atoms with Crippen molar-refractivity contribution >= 4 is 11.7 Å². The van der Waals surface area contributed by atoms with Crippen molar-refractivity contribution in [3.05, 3.63) is 0 Å². The van der Waals surface area contributed by atoms with E-state index >= 15 is 0 Å². The molecule has 1 aliphatic rings. The summed E-state index contributed by atoms with van der Waals surface area (Å²) in [5.41, 5.74) is 4.89. The first-order valence-electron chi connectivity index (χ1n) is 6.29. The molecular formula is C12H23N3O2. The Bertz CT molecular complexity index is 305. The Kier molecular flexibility index (Phi) is 4.37. The van der Waals surface area contributed by atoms with E-state index in [0.29, 0.717) is 18.8 Å². The minimum Gasteiger partial charge on any atom is -0.409 e. The summed E-state index contributed by atoms with van der Waals surface area (Å²) in [5, 5.41) is 14.8. The highest BCUT2D eigenvalue weighted by molar-refractivity contribution is 6.07. The predicted octanol–water partition coefficient (Wildman–Crippen LogP) is 1.45. The lowest BCUT2D eigenvalue weighted by atomic mass is 9.61. The monoisotopic (exact) mass is 241 g/mol. The van der Waals surface area contributed by atoms with Crippen LogP contribution in [-0.4, -0.2) is 23.0 Å². The highest BCUT2D eigenvalue weighted by Gasteiger charge is 2.52. The van der Waals surface area contributed by atoms with Crippen LogP contribution < -0.4 is 11.1 Å². The smallest absolute Gasteiger partial charge is 0.234 e. The number of rotatable bonds is 5. The molecule has 1 aliphatic carbocycles. The standard InChI is InChI=1S/C12H23N3O2/c1-4-9(5-2)14-11(16)12(10(13)15-17)6-8(3)7-12/h8-9,17H,4-7H2,1-3H3,(H2,13,15)(H,14,16). The average molecular weight is 241 g/mol. The molecule has 5 heteroatoms. The number of nitrogens with zero attached hydrogens (tertiary/aromatic N) is 1. The van der Waals surface area contributed by atoms with E-state index in [1.165, 1.54) is 0 Å². The fraction of sp³-hybridized carbons (Fsp3) is 0.833. The molecule has 0 spiro atoms. The van der Waals surface area contributed by atoms with Crippen LogP contribution >= 0.6 is 0 Å². The normalized spacial score (nSPS) is 28.9. The van der Waals surface area contributed by atoms with Crippen LogP contribution in [0.4, 0.5) is 0 Å². The molecule has 1 fully saturated rings. The highest BCUT2D eigenvalue weighted by atomic mass is 16.4. The molecule has 1 saturated carbocycles. The summed E-state index contributed by atoms with van der Waals surface area (Å²) >= 11 is 0. The Labute approximate surface area is 102 Å². The van der Waals surface area contributed by atoms with Gasteiger partial charge in [-0.05, 0) is 31.6 Å². The maximum atomic E-state index is 12.2. The third-order valence-corrected chi connectivity index (χ3v) is 3.75. The average Bonchev–Trinajstić information content (AvgIpc) is 2.30. The molecule has 0 aromatic carbocycles.